The van der Waals surface area contributed by atoms with Gasteiger partial charge in [-0.05, 0) is 49.2 Å². The molecule has 0 bridgehead atoms. The summed E-state index contributed by atoms with van der Waals surface area (Å²) in [4.78, 5) is 35.7. The fourth-order valence-corrected chi connectivity index (χ4v) is 5.89. The van der Waals surface area contributed by atoms with E-state index in [1.165, 1.54) is 23.5 Å². The van der Waals surface area contributed by atoms with Crippen LogP contribution in [0.2, 0.25) is 0 Å². The summed E-state index contributed by atoms with van der Waals surface area (Å²) in [5, 5.41) is 5.48. The Hall–Kier alpha value is -4.71. The molecule has 1 saturated heterocycles. The standard InChI is InChI=1S/C32H25FN4O5S.C2H6/c33-22-16-21(37-31(39)32(11-12-32)30(38)36-20-4-2-1-3-5-20)7-9-25(22)42-26-10-13-34-24-17-27(43-28(24)26)23-8-6-19(18-35-23)29-40-14-15-41-29;1-2/h1-10,13,16-18,29H,11-12,14-15H2,(H,36,38)(H,37,39);1-2H3. The maximum absolute atomic E-state index is 15.2. The number of halogens is 1. The number of nitrogens with one attached hydrogen (secondary N) is 2. The molecule has 2 amide bonds. The van der Waals surface area contributed by atoms with Crippen LogP contribution >= 0.6 is 11.3 Å². The van der Waals surface area contributed by atoms with Gasteiger partial charge in [0.15, 0.2) is 17.9 Å². The number of carbonyl (C=O) groups is 2. The molecule has 2 aliphatic rings. The minimum Gasteiger partial charge on any atom is -0.453 e. The van der Waals surface area contributed by atoms with E-state index in [-0.39, 0.29) is 17.3 Å². The third-order valence-corrected chi connectivity index (χ3v) is 8.53. The van der Waals surface area contributed by atoms with Crippen molar-refractivity contribution in [2.75, 3.05) is 23.8 Å². The number of anilines is 2. The molecule has 11 heteroatoms. The number of para-hydroxylation sites is 1. The lowest BCUT2D eigenvalue weighted by molar-refractivity contribution is -0.131. The van der Waals surface area contributed by atoms with Crippen molar-refractivity contribution in [3.8, 4) is 22.1 Å². The Morgan fingerprint density at radius 2 is 1.62 bits per heavy atom. The van der Waals surface area contributed by atoms with Gasteiger partial charge in [-0.2, -0.15) is 0 Å². The van der Waals surface area contributed by atoms with E-state index in [0.717, 1.165) is 20.8 Å². The molecule has 1 aliphatic heterocycles. The van der Waals surface area contributed by atoms with Crippen LogP contribution in [0.5, 0.6) is 11.5 Å². The molecule has 7 rings (SSSR count). The van der Waals surface area contributed by atoms with Gasteiger partial charge in [-0.25, -0.2) is 4.39 Å². The molecule has 1 aliphatic carbocycles. The van der Waals surface area contributed by atoms with Crippen molar-refractivity contribution >= 4 is 44.7 Å². The number of pyridine rings is 2. The number of amides is 2. The molecule has 2 aromatic carbocycles. The molecular formula is C34H31FN4O5S. The zero-order valence-corrected chi connectivity index (χ0v) is 25.5. The van der Waals surface area contributed by atoms with E-state index in [1.807, 2.05) is 38.1 Å². The topological polar surface area (TPSA) is 112 Å². The van der Waals surface area contributed by atoms with Gasteiger partial charge in [0.2, 0.25) is 11.8 Å². The Kier molecular flexibility index (Phi) is 8.83. The zero-order chi connectivity index (χ0) is 31.4. The highest BCUT2D eigenvalue weighted by atomic mass is 32.1. The van der Waals surface area contributed by atoms with Crippen molar-refractivity contribution < 1.29 is 28.2 Å². The average Bonchev–Trinajstić information content (AvgIpc) is 3.48. The van der Waals surface area contributed by atoms with Gasteiger partial charge in [-0.15, -0.1) is 11.3 Å². The predicted molar refractivity (Wildman–Crippen MR) is 171 cm³/mol. The molecule has 9 nitrogen and oxygen atoms in total. The molecule has 230 valence electrons. The summed E-state index contributed by atoms with van der Waals surface area (Å²) in [6.45, 7) is 5.12. The SMILES string of the molecule is CC.O=C(Nc1ccccc1)C1(C(=O)Nc2ccc(Oc3ccnc4cc(-c5ccc(C6OCCO6)cn5)sc34)c(F)c2)CC1. The van der Waals surface area contributed by atoms with Crippen molar-refractivity contribution in [1.82, 2.24) is 9.97 Å². The number of nitrogens with zero attached hydrogens (tertiary/aromatic N) is 2. The summed E-state index contributed by atoms with van der Waals surface area (Å²) in [6.07, 6.45) is 3.78. The number of rotatable bonds is 8. The van der Waals surface area contributed by atoms with Crippen LogP contribution in [0.4, 0.5) is 15.8 Å². The highest BCUT2D eigenvalue weighted by Crippen LogP contribution is 2.48. The van der Waals surface area contributed by atoms with Crippen LogP contribution in [0, 0.1) is 11.2 Å². The normalized spacial score (nSPS) is 15.2. The van der Waals surface area contributed by atoms with E-state index in [9.17, 15) is 9.59 Å². The summed E-state index contributed by atoms with van der Waals surface area (Å²) >= 11 is 1.43. The summed E-state index contributed by atoms with van der Waals surface area (Å²) in [5.41, 5.74) is 1.97. The van der Waals surface area contributed by atoms with Gasteiger partial charge < -0.3 is 24.8 Å². The maximum atomic E-state index is 15.2. The smallest absolute Gasteiger partial charge is 0.240 e. The highest BCUT2D eigenvalue weighted by molar-refractivity contribution is 7.22. The number of aromatic nitrogens is 2. The molecule has 3 aromatic heterocycles. The van der Waals surface area contributed by atoms with E-state index >= 15 is 4.39 Å². The van der Waals surface area contributed by atoms with Crippen LogP contribution in [0.1, 0.15) is 38.5 Å². The van der Waals surface area contributed by atoms with Gasteiger partial charge in [-0.3, -0.25) is 19.6 Å². The van der Waals surface area contributed by atoms with Gasteiger partial charge in [0, 0.05) is 41.5 Å². The Morgan fingerprint density at radius 3 is 2.29 bits per heavy atom. The first-order valence-corrected chi connectivity index (χ1v) is 15.5. The molecular weight excluding hydrogens is 595 g/mol. The molecule has 0 unspecified atom stereocenters. The van der Waals surface area contributed by atoms with Crippen LogP contribution in [0.15, 0.2) is 85.2 Å². The van der Waals surface area contributed by atoms with E-state index in [1.54, 1.807) is 48.8 Å². The molecule has 45 heavy (non-hydrogen) atoms. The van der Waals surface area contributed by atoms with Crippen molar-refractivity contribution in [3.63, 3.8) is 0 Å². The van der Waals surface area contributed by atoms with E-state index in [4.69, 9.17) is 14.2 Å². The number of benzene rings is 2. The van der Waals surface area contributed by atoms with Crippen LogP contribution in [-0.2, 0) is 19.1 Å². The number of carbonyl (C=O) groups excluding carboxylic acids is 2. The molecule has 0 atom stereocenters. The molecule has 2 N–H and O–H groups in total. The van der Waals surface area contributed by atoms with Crippen LogP contribution in [0.25, 0.3) is 20.8 Å². The number of thiophene rings is 1. The summed E-state index contributed by atoms with van der Waals surface area (Å²) in [7, 11) is 0. The number of ether oxygens (including phenoxy) is 3. The van der Waals surface area contributed by atoms with Gasteiger partial charge >= 0.3 is 0 Å². The molecule has 5 aromatic rings. The molecule has 2 fully saturated rings. The fourth-order valence-electron chi connectivity index (χ4n) is 4.85. The van der Waals surface area contributed by atoms with Gasteiger partial charge in [0.05, 0.1) is 34.0 Å². The maximum Gasteiger partial charge on any atom is 0.240 e. The molecule has 4 heterocycles. The third kappa shape index (κ3) is 6.41. The second kappa shape index (κ2) is 13.1. The lowest BCUT2D eigenvalue weighted by Crippen LogP contribution is -2.35. The Bertz CT molecular complexity index is 1820. The quantitative estimate of drug-likeness (QED) is 0.170. The highest BCUT2D eigenvalue weighted by Gasteiger charge is 2.56. The van der Waals surface area contributed by atoms with Crippen molar-refractivity contribution in [2.45, 2.75) is 33.0 Å². The summed E-state index contributed by atoms with van der Waals surface area (Å²) in [6, 6.07) is 20.5. The zero-order valence-electron chi connectivity index (χ0n) is 24.7. The molecule has 0 spiro atoms. The Morgan fingerprint density at radius 1 is 0.889 bits per heavy atom. The Balaban J connectivity index is 0.00000175. The fraction of sp³-hybridized carbons (Fsp3) is 0.235. The summed E-state index contributed by atoms with van der Waals surface area (Å²) in [5.74, 6) is -1.08. The molecule has 1 saturated carbocycles. The largest absolute Gasteiger partial charge is 0.453 e. The second-order valence-corrected chi connectivity index (χ2v) is 11.3. The lowest BCUT2D eigenvalue weighted by atomic mass is 10.0. The first kappa shape index (κ1) is 30.3. The lowest BCUT2D eigenvalue weighted by Gasteiger charge is -2.16. The average molecular weight is 627 g/mol. The summed E-state index contributed by atoms with van der Waals surface area (Å²) < 4.78 is 33.0. The number of fused-ring (bicyclic) bond motifs is 1. The van der Waals surface area contributed by atoms with Crippen molar-refractivity contribution in [2.24, 2.45) is 5.41 Å². The monoisotopic (exact) mass is 626 g/mol. The predicted octanol–water partition coefficient (Wildman–Crippen LogP) is 7.72. The van der Waals surface area contributed by atoms with E-state index in [2.05, 4.69) is 20.6 Å². The number of hydrogen-bond acceptors (Lipinski definition) is 8. The molecule has 0 radical (unpaired) electrons. The van der Waals surface area contributed by atoms with Crippen molar-refractivity contribution in [1.29, 1.82) is 0 Å². The first-order valence-electron chi connectivity index (χ1n) is 14.7. The minimum absolute atomic E-state index is 0.0116. The van der Waals surface area contributed by atoms with Gasteiger partial charge in [0.25, 0.3) is 0 Å². The second-order valence-electron chi connectivity index (χ2n) is 10.3. The van der Waals surface area contributed by atoms with Gasteiger partial charge in [0.1, 0.15) is 11.2 Å². The number of hydrogen-bond donors (Lipinski definition) is 2. The van der Waals surface area contributed by atoms with Crippen LogP contribution < -0.4 is 15.4 Å². The third-order valence-electron chi connectivity index (χ3n) is 7.37. The van der Waals surface area contributed by atoms with Crippen LogP contribution in [0.3, 0.4) is 0 Å². The van der Waals surface area contributed by atoms with Crippen molar-refractivity contribution in [3.05, 3.63) is 96.6 Å². The first-order chi connectivity index (χ1) is 22.0. The van der Waals surface area contributed by atoms with E-state index in [0.29, 0.717) is 43.0 Å². The van der Waals surface area contributed by atoms with Gasteiger partial charge in [-0.1, -0.05) is 38.1 Å². The van der Waals surface area contributed by atoms with Crippen LogP contribution in [-0.4, -0.2) is 35.0 Å². The minimum atomic E-state index is -1.17. The Labute approximate surface area is 263 Å². The van der Waals surface area contributed by atoms with E-state index < -0.39 is 23.4 Å².